The number of guanidine groups is 1. The number of hydrogen-bond acceptors (Lipinski definition) is 5. The third-order valence-corrected chi connectivity index (χ3v) is 6.12. The first kappa shape index (κ1) is 22.8. The zero-order chi connectivity index (χ0) is 23.9. The second-order valence-electron chi connectivity index (χ2n) is 9.72. The number of nitrogens with one attached hydrogen (secondary N) is 2. The Bertz CT molecular complexity index is 1100. The van der Waals surface area contributed by atoms with Crippen LogP contribution in [-0.4, -0.2) is 62.6 Å². The number of aliphatic imine (C=N–C) groups is 1. The normalized spacial score (nSPS) is 22.4. The Morgan fingerprint density at radius 2 is 1.88 bits per heavy atom. The van der Waals surface area contributed by atoms with E-state index in [0.29, 0.717) is 13.1 Å². The minimum absolute atomic E-state index is 0.00922. The van der Waals surface area contributed by atoms with E-state index in [-0.39, 0.29) is 23.4 Å². The van der Waals surface area contributed by atoms with Crippen LogP contribution in [0.5, 0.6) is 0 Å². The Morgan fingerprint density at radius 3 is 2.55 bits per heavy atom. The maximum absolute atomic E-state index is 13.0. The van der Waals surface area contributed by atoms with Gasteiger partial charge >= 0.3 is 0 Å². The molecule has 0 saturated carbocycles. The summed E-state index contributed by atoms with van der Waals surface area (Å²) >= 11 is 0. The number of halogens is 1. The average molecular weight is 455 g/mol. The van der Waals surface area contributed by atoms with E-state index in [4.69, 9.17) is 4.99 Å². The molecule has 0 bridgehead atoms. The molecule has 33 heavy (non-hydrogen) atoms. The number of carbonyl (C=O) groups is 1. The topological polar surface area (TPSA) is 90.7 Å². The Kier molecular flexibility index (Phi) is 5.85. The molecular formula is C23H31FN8O. The minimum atomic E-state index is -0.496. The van der Waals surface area contributed by atoms with Crippen molar-refractivity contribution in [3.8, 4) is 0 Å². The monoisotopic (exact) mass is 454 g/mol. The molecule has 4 heterocycles. The minimum Gasteiger partial charge on any atom is -0.347 e. The highest BCUT2D eigenvalue weighted by molar-refractivity contribution is 5.89. The summed E-state index contributed by atoms with van der Waals surface area (Å²) in [6.45, 7) is 9.19. The maximum atomic E-state index is 13.0. The second kappa shape index (κ2) is 8.49. The van der Waals surface area contributed by atoms with Gasteiger partial charge in [-0.05, 0) is 24.0 Å². The van der Waals surface area contributed by atoms with Crippen LogP contribution >= 0.6 is 0 Å². The van der Waals surface area contributed by atoms with Crippen LogP contribution in [-0.2, 0) is 17.9 Å². The van der Waals surface area contributed by atoms with E-state index in [1.165, 1.54) is 12.3 Å². The van der Waals surface area contributed by atoms with Crippen LogP contribution in [0.2, 0.25) is 0 Å². The molecule has 2 aliphatic rings. The first-order valence-corrected chi connectivity index (χ1v) is 11.0. The van der Waals surface area contributed by atoms with Crippen LogP contribution in [0.15, 0.2) is 47.2 Å². The van der Waals surface area contributed by atoms with Crippen molar-refractivity contribution in [3.05, 3.63) is 59.3 Å². The number of hydrogen-bond donors (Lipinski definition) is 2. The smallest absolute Gasteiger partial charge is 0.247 e. The van der Waals surface area contributed by atoms with E-state index in [2.05, 4.69) is 41.5 Å². The molecule has 9 nitrogen and oxygen atoms in total. The molecule has 2 aromatic heterocycles. The zero-order valence-corrected chi connectivity index (χ0v) is 19.9. The predicted molar refractivity (Wildman–Crippen MR) is 123 cm³/mol. The fourth-order valence-electron chi connectivity index (χ4n) is 4.34. The number of pyridine rings is 1. The lowest BCUT2D eigenvalue weighted by Gasteiger charge is -2.48. The molecule has 0 spiro atoms. The average Bonchev–Trinajstić information content (AvgIpc) is 3.18. The van der Waals surface area contributed by atoms with Crippen LogP contribution in [0.3, 0.4) is 0 Å². The SMILES string of the molecule is CC1C2=C(NC(=NCc3cnn(Cc4ccc(F)nc4)c3)N1C)N(C)[C@@H](C(C)(C)C)C(=O)N2. The number of carbonyl (C=O) groups excluding carboxylic acids is 1. The number of likely N-dealkylation sites (N-methyl/N-ethyl adjacent to an activating group) is 2. The molecule has 10 heteroatoms. The van der Waals surface area contributed by atoms with Gasteiger partial charge in [-0.3, -0.25) is 9.48 Å². The van der Waals surface area contributed by atoms with Gasteiger partial charge in [0.15, 0.2) is 5.96 Å². The molecule has 4 rings (SSSR count). The lowest BCUT2D eigenvalue weighted by molar-refractivity contribution is -0.129. The number of rotatable bonds is 4. The molecule has 2 atom stereocenters. The molecule has 1 unspecified atom stereocenters. The summed E-state index contributed by atoms with van der Waals surface area (Å²) < 4.78 is 14.8. The summed E-state index contributed by atoms with van der Waals surface area (Å²) in [4.78, 5) is 25.3. The highest BCUT2D eigenvalue weighted by Gasteiger charge is 2.44. The number of amides is 1. The standard InChI is InChI=1S/C23H31FN8O/c1-14-18-20(31(6)19(21(33)28-18)23(2,3)4)29-22(30(14)5)26-10-16-11-27-32(13-16)12-15-7-8-17(24)25-9-15/h7-9,11,13-14,19H,10,12H2,1-6H3,(H,26,29)(H,28,33)/t14?,19-/m1/s1. The highest BCUT2D eigenvalue weighted by Crippen LogP contribution is 2.32. The van der Waals surface area contributed by atoms with Gasteiger partial charge in [-0.25, -0.2) is 9.98 Å². The van der Waals surface area contributed by atoms with Gasteiger partial charge in [-0.15, -0.1) is 0 Å². The fraction of sp³-hybridized carbons (Fsp3) is 0.478. The second-order valence-corrected chi connectivity index (χ2v) is 9.72. The first-order valence-electron chi connectivity index (χ1n) is 11.0. The quantitative estimate of drug-likeness (QED) is 0.686. The molecule has 2 aromatic rings. The van der Waals surface area contributed by atoms with Crippen molar-refractivity contribution in [2.24, 2.45) is 10.4 Å². The molecule has 0 aromatic carbocycles. The molecule has 0 aliphatic carbocycles. The summed E-state index contributed by atoms with van der Waals surface area (Å²) in [5.41, 5.74) is 2.45. The van der Waals surface area contributed by atoms with Crippen LogP contribution in [0.4, 0.5) is 4.39 Å². The van der Waals surface area contributed by atoms with E-state index in [9.17, 15) is 9.18 Å². The molecule has 2 N–H and O–H groups in total. The Labute approximate surface area is 193 Å². The van der Waals surface area contributed by atoms with Crippen LogP contribution in [0.25, 0.3) is 0 Å². The van der Waals surface area contributed by atoms with Crippen molar-refractivity contribution in [3.63, 3.8) is 0 Å². The van der Waals surface area contributed by atoms with Gasteiger partial charge < -0.3 is 20.4 Å². The van der Waals surface area contributed by atoms with Gasteiger partial charge in [-0.2, -0.15) is 9.49 Å². The molecule has 0 radical (unpaired) electrons. The highest BCUT2D eigenvalue weighted by atomic mass is 19.1. The van der Waals surface area contributed by atoms with E-state index in [1.54, 1.807) is 16.9 Å². The van der Waals surface area contributed by atoms with E-state index < -0.39 is 5.95 Å². The molecular weight excluding hydrogens is 423 g/mol. The fourth-order valence-corrected chi connectivity index (χ4v) is 4.34. The largest absolute Gasteiger partial charge is 0.347 e. The summed E-state index contributed by atoms with van der Waals surface area (Å²) in [6.07, 6.45) is 5.21. The third kappa shape index (κ3) is 4.55. The van der Waals surface area contributed by atoms with Gasteiger partial charge in [-0.1, -0.05) is 26.8 Å². The molecule has 2 aliphatic heterocycles. The van der Waals surface area contributed by atoms with Gasteiger partial charge in [0.25, 0.3) is 0 Å². The summed E-state index contributed by atoms with van der Waals surface area (Å²) in [5.74, 6) is 1.12. The van der Waals surface area contributed by atoms with Crippen LogP contribution in [0, 0.1) is 11.4 Å². The van der Waals surface area contributed by atoms with Crippen molar-refractivity contribution in [2.75, 3.05) is 14.1 Å². The van der Waals surface area contributed by atoms with Gasteiger partial charge in [0.2, 0.25) is 11.9 Å². The maximum Gasteiger partial charge on any atom is 0.247 e. The summed E-state index contributed by atoms with van der Waals surface area (Å²) in [5, 5.41) is 10.9. The van der Waals surface area contributed by atoms with Crippen LogP contribution < -0.4 is 10.6 Å². The Hall–Kier alpha value is -3.43. The number of aromatic nitrogens is 3. The van der Waals surface area contributed by atoms with Crippen molar-refractivity contribution >= 4 is 11.9 Å². The predicted octanol–water partition coefficient (Wildman–Crippen LogP) is 1.89. The van der Waals surface area contributed by atoms with Crippen molar-refractivity contribution in [1.29, 1.82) is 0 Å². The lowest BCUT2D eigenvalue weighted by atomic mass is 9.84. The first-order chi connectivity index (χ1) is 15.5. The Morgan fingerprint density at radius 1 is 1.12 bits per heavy atom. The molecule has 1 amide bonds. The van der Waals surface area contributed by atoms with Crippen molar-refractivity contribution < 1.29 is 9.18 Å². The van der Waals surface area contributed by atoms with Gasteiger partial charge in [0, 0.05) is 32.1 Å². The molecule has 0 fully saturated rings. The van der Waals surface area contributed by atoms with Crippen molar-refractivity contribution in [2.45, 2.75) is 52.9 Å². The third-order valence-electron chi connectivity index (χ3n) is 6.12. The zero-order valence-electron chi connectivity index (χ0n) is 19.9. The van der Waals surface area contributed by atoms with Gasteiger partial charge in [0.05, 0.1) is 31.0 Å². The van der Waals surface area contributed by atoms with Gasteiger partial charge in [0.1, 0.15) is 11.9 Å². The Balaban J connectivity index is 1.50. The van der Waals surface area contributed by atoms with E-state index in [1.807, 2.05) is 37.0 Å². The summed E-state index contributed by atoms with van der Waals surface area (Å²) in [6, 6.07) is 2.71. The summed E-state index contributed by atoms with van der Waals surface area (Å²) in [7, 11) is 3.90. The van der Waals surface area contributed by atoms with E-state index >= 15 is 0 Å². The lowest BCUT2D eigenvalue weighted by Crippen LogP contribution is -2.64. The van der Waals surface area contributed by atoms with E-state index in [0.717, 1.165) is 28.6 Å². The van der Waals surface area contributed by atoms with Crippen LogP contribution in [0.1, 0.15) is 38.8 Å². The van der Waals surface area contributed by atoms with Crippen molar-refractivity contribution in [1.82, 2.24) is 35.2 Å². The number of nitrogens with zero attached hydrogens (tertiary/aromatic N) is 6. The molecule has 176 valence electrons. The molecule has 0 saturated heterocycles.